The largest absolute Gasteiger partial charge is 0.494 e. The van der Waals surface area contributed by atoms with Crippen LogP contribution < -0.4 is 10.1 Å². The Balaban J connectivity index is 1.45. The molecule has 4 heterocycles. The number of aryl methyl sites for hydroxylation is 2. The van der Waals surface area contributed by atoms with Crippen LogP contribution in [0.3, 0.4) is 0 Å². The number of nitrogens with zero attached hydrogens (tertiary/aromatic N) is 4. The average molecular weight is 407 g/mol. The summed E-state index contributed by atoms with van der Waals surface area (Å²) in [6, 6.07) is 5.63. The zero-order valence-corrected chi connectivity index (χ0v) is 17.2. The predicted octanol–water partition coefficient (Wildman–Crippen LogP) is 2.72. The van der Waals surface area contributed by atoms with Gasteiger partial charge in [0.25, 0.3) is 5.91 Å². The van der Waals surface area contributed by atoms with Gasteiger partial charge in [0.1, 0.15) is 17.1 Å². The van der Waals surface area contributed by atoms with Crippen LogP contribution in [-0.4, -0.2) is 39.0 Å². The third-order valence-corrected chi connectivity index (χ3v) is 5.96. The van der Waals surface area contributed by atoms with Gasteiger partial charge in [0, 0.05) is 12.1 Å². The molecule has 30 heavy (non-hydrogen) atoms. The molecule has 1 aromatic carbocycles. The highest BCUT2D eigenvalue weighted by Crippen LogP contribution is 2.32. The predicted molar refractivity (Wildman–Crippen MR) is 110 cm³/mol. The molecule has 1 unspecified atom stereocenters. The summed E-state index contributed by atoms with van der Waals surface area (Å²) < 4.78 is 15.3. The van der Waals surface area contributed by atoms with Crippen molar-refractivity contribution in [3.8, 4) is 11.4 Å². The smallest absolute Gasteiger partial charge is 0.272 e. The van der Waals surface area contributed by atoms with Crippen molar-refractivity contribution < 1.29 is 14.3 Å². The Kier molecular flexibility index (Phi) is 4.78. The lowest BCUT2D eigenvalue weighted by molar-refractivity contribution is 0.0683. The van der Waals surface area contributed by atoms with E-state index in [1.54, 1.807) is 13.4 Å². The highest BCUT2D eigenvalue weighted by atomic mass is 16.5. The molecule has 2 aliphatic rings. The Morgan fingerprint density at radius 1 is 1.30 bits per heavy atom. The number of hydrogen-bond acceptors (Lipinski definition) is 5. The normalized spacial score (nSPS) is 17.9. The minimum Gasteiger partial charge on any atom is -0.494 e. The summed E-state index contributed by atoms with van der Waals surface area (Å²) in [5.41, 5.74) is 5.38. The van der Waals surface area contributed by atoms with Gasteiger partial charge in [-0.05, 0) is 37.8 Å². The van der Waals surface area contributed by atoms with Gasteiger partial charge in [-0.3, -0.25) is 4.79 Å². The van der Waals surface area contributed by atoms with Crippen molar-refractivity contribution >= 4 is 5.91 Å². The Hall–Kier alpha value is -3.13. The third-order valence-electron chi connectivity index (χ3n) is 5.96. The van der Waals surface area contributed by atoms with Crippen LogP contribution in [0.4, 0.5) is 0 Å². The molecule has 1 amide bonds. The van der Waals surface area contributed by atoms with Crippen LogP contribution >= 0.6 is 0 Å². The lowest BCUT2D eigenvalue weighted by atomic mass is 10.0. The zero-order valence-electron chi connectivity index (χ0n) is 17.2. The molecule has 0 spiro atoms. The first-order valence-electron chi connectivity index (χ1n) is 10.3. The van der Waals surface area contributed by atoms with Crippen LogP contribution in [0.15, 0.2) is 30.7 Å². The maximum absolute atomic E-state index is 13.0. The Labute approximate surface area is 174 Å². The summed E-state index contributed by atoms with van der Waals surface area (Å²) in [5.74, 6) is 0.588. The van der Waals surface area contributed by atoms with Crippen molar-refractivity contribution in [3.63, 3.8) is 0 Å². The first-order chi connectivity index (χ1) is 14.7. The minimum absolute atomic E-state index is 0.159. The zero-order chi connectivity index (χ0) is 20.7. The van der Waals surface area contributed by atoms with Crippen LogP contribution in [0, 0.1) is 6.92 Å². The molecule has 156 valence electrons. The fourth-order valence-corrected chi connectivity index (χ4v) is 4.42. The standard InChI is InChI=1S/C22H25N5O3/c1-14-6-5-8-19(29-2)21(14)27-18-12-30-11-16(15(18)10-24-27)25-22(28)20-17-7-3-4-9-26(17)13-23-20/h5-6,8,10,13,16H,3-4,7,9,11-12H2,1-2H3,(H,25,28). The van der Waals surface area contributed by atoms with Crippen LogP contribution in [0.25, 0.3) is 5.69 Å². The van der Waals surface area contributed by atoms with Gasteiger partial charge in [0.15, 0.2) is 0 Å². The monoisotopic (exact) mass is 407 g/mol. The average Bonchev–Trinajstić information content (AvgIpc) is 3.38. The van der Waals surface area contributed by atoms with E-state index in [0.29, 0.717) is 18.9 Å². The van der Waals surface area contributed by atoms with Crippen LogP contribution in [0.2, 0.25) is 0 Å². The van der Waals surface area contributed by atoms with E-state index in [0.717, 1.165) is 59.8 Å². The molecule has 0 saturated heterocycles. The van der Waals surface area contributed by atoms with E-state index >= 15 is 0 Å². The quantitative estimate of drug-likeness (QED) is 0.719. The molecule has 0 radical (unpaired) electrons. The van der Waals surface area contributed by atoms with E-state index < -0.39 is 0 Å². The molecular weight excluding hydrogens is 382 g/mol. The molecule has 3 aromatic rings. The number of benzene rings is 1. The van der Waals surface area contributed by atoms with Crippen LogP contribution in [0.1, 0.15) is 51.9 Å². The third kappa shape index (κ3) is 3.08. The van der Waals surface area contributed by atoms with Crippen molar-refractivity contribution in [2.24, 2.45) is 0 Å². The molecular formula is C22H25N5O3. The summed E-state index contributed by atoms with van der Waals surface area (Å²) in [6.45, 7) is 3.79. The number of nitrogens with one attached hydrogen (secondary N) is 1. The van der Waals surface area contributed by atoms with Crippen molar-refractivity contribution in [3.05, 3.63) is 58.9 Å². The van der Waals surface area contributed by atoms with E-state index in [9.17, 15) is 4.79 Å². The molecule has 1 N–H and O–H groups in total. The second-order valence-electron chi connectivity index (χ2n) is 7.82. The number of fused-ring (bicyclic) bond motifs is 2. The fourth-order valence-electron chi connectivity index (χ4n) is 4.42. The number of para-hydroxylation sites is 1. The summed E-state index contributed by atoms with van der Waals surface area (Å²) in [7, 11) is 1.65. The SMILES string of the molecule is COc1cccc(C)c1-n1ncc2c1COCC2NC(=O)c1ncn2c1CCCC2. The van der Waals surface area contributed by atoms with Gasteiger partial charge >= 0.3 is 0 Å². The van der Waals surface area contributed by atoms with Crippen molar-refractivity contribution in [2.45, 2.75) is 45.4 Å². The lowest BCUT2D eigenvalue weighted by Crippen LogP contribution is -2.35. The number of ether oxygens (including phenoxy) is 2. The van der Waals surface area contributed by atoms with Gasteiger partial charge in [-0.1, -0.05) is 12.1 Å². The number of methoxy groups -OCH3 is 1. The summed E-state index contributed by atoms with van der Waals surface area (Å²) in [5, 5.41) is 7.72. The molecule has 2 aliphatic heterocycles. The molecule has 0 saturated carbocycles. The summed E-state index contributed by atoms with van der Waals surface area (Å²) in [6.07, 6.45) is 6.70. The molecule has 8 nitrogen and oxygen atoms in total. The summed E-state index contributed by atoms with van der Waals surface area (Å²) in [4.78, 5) is 17.4. The van der Waals surface area contributed by atoms with Gasteiger partial charge in [0.2, 0.25) is 0 Å². The van der Waals surface area contributed by atoms with Gasteiger partial charge in [-0.15, -0.1) is 0 Å². The second-order valence-corrected chi connectivity index (χ2v) is 7.82. The fraction of sp³-hybridized carbons (Fsp3) is 0.409. The van der Waals surface area contributed by atoms with Gasteiger partial charge < -0.3 is 19.4 Å². The molecule has 5 rings (SSSR count). The number of amides is 1. The molecule has 0 bridgehead atoms. The number of imidazole rings is 1. The number of aromatic nitrogens is 4. The number of carbonyl (C=O) groups is 1. The number of hydrogen-bond donors (Lipinski definition) is 1. The highest BCUT2D eigenvalue weighted by molar-refractivity contribution is 5.93. The van der Waals surface area contributed by atoms with Crippen LogP contribution in [-0.2, 0) is 24.3 Å². The lowest BCUT2D eigenvalue weighted by Gasteiger charge is -2.25. The van der Waals surface area contributed by atoms with E-state index in [1.165, 1.54) is 0 Å². The van der Waals surface area contributed by atoms with Crippen molar-refractivity contribution in [1.82, 2.24) is 24.6 Å². The first kappa shape index (κ1) is 18.9. The van der Waals surface area contributed by atoms with Gasteiger partial charge in [-0.2, -0.15) is 5.10 Å². The van der Waals surface area contributed by atoms with Crippen LogP contribution in [0.5, 0.6) is 5.75 Å². The van der Waals surface area contributed by atoms with E-state index in [1.807, 2.05) is 36.0 Å². The second kappa shape index (κ2) is 7.60. The van der Waals surface area contributed by atoms with Gasteiger partial charge in [-0.25, -0.2) is 9.67 Å². The Bertz CT molecular complexity index is 1100. The number of carbonyl (C=O) groups excluding carboxylic acids is 1. The van der Waals surface area contributed by atoms with Crippen molar-refractivity contribution in [1.29, 1.82) is 0 Å². The van der Waals surface area contributed by atoms with Crippen molar-refractivity contribution in [2.75, 3.05) is 13.7 Å². The Morgan fingerprint density at radius 3 is 3.07 bits per heavy atom. The number of rotatable bonds is 4. The van der Waals surface area contributed by atoms with Gasteiger partial charge in [0.05, 0.1) is 50.3 Å². The molecule has 1 atom stereocenters. The molecule has 0 fully saturated rings. The summed E-state index contributed by atoms with van der Waals surface area (Å²) >= 11 is 0. The van der Waals surface area contributed by atoms with E-state index in [-0.39, 0.29) is 11.9 Å². The molecule has 0 aliphatic carbocycles. The van der Waals surface area contributed by atoms with E-state index in [4.69, 9.17) is 9.47 Å². The maximum Gasteiger partial charge on any atom is 0.272 e. The molecule has 2 aromatic heterocycles. The molecule has 8 heteroatoms. The Morgan fingerprint density at radius 2 is 2.20 bits per heavy atom. The topological polar surface area (TPSA) is 83.2 Å². The highest BCUT2D eigenvalue weighted by Gasteiger charge is 2.30. The maximum atomic E-state index is 13.0. The van der Waals surface area contributed by atoms with E-state index in [2.05, 4.69) is 20.0 Å². The minimum atomic E-state index is -0.272. The first-order valence-corrected chi connectivity index (χ1v) is 10.3.